The highest BCUT2D eigenvalue weighted by molar-refractivity contribution is 7.13. The maximum Gasteiger partial charge on any atom is 0.221 e. The van der Waals surface area contributed by atoms with Gasteiger partial charge in [0, 0.05) is 19.2 Å². The van der Waals surface area contributed by atoms with E-state index in [2.05, 4.69) is 68.7 Å². The minimum Gasteiger partial charge on any atom is -0.326 e. The Labute approximate surface area is 199 Å². The zero-order valence-corrected chi connectivity index (χ0v) is 19.9. The van der Waals surface area contributed by atoms with Gasteiger partial charge in [0.05, 0.1) is 15.9 Å². The maximum absolute atomic E-state index is 11.4. The minimum atomic E-state index is -0.0186. The average molecular weight is 459 g/mol. The average Bonchev–Trinajstić information content (AvgIpc) is 3.48. The van der Waals surface area contributed by atoms with Crippen LogP contribution in [0.15, 0.2) is 66.0 Å². The van der Waals surface area contributed by atoms with Crippen molar-refractivity contribution in [2.24, 2.45) is 0 Å². The standard InChI is InChI=1S/C27H30N4OS/c1-20(32)28-23-8-4-7-22(19-23)21-12-16-30(17-13-21)14-6-15-31-25-10-3-2-9-24(25)29-27(31)26-11-5-18-33-26/h2-5,7-11,18-19,21H,6,12-17H2,1H3,(H,28,32). The molecule has 0 atom stereocenters. The van der Waals surface area contributed by atoms with E-state index in [0.29, 0.717) is 5.92 Å². The van der Waals surface area contributed by atoms with Crippen LogP contribution < -0.4 is 5.32 Å². The van der Waals surface area contributed by atoms with Gasteiger partial charge in [-0.2, -0.15) is 0 Å². The summed E-state index contributed by atoms with van der Waals surface area (Å²) in [5, 5.41) is 5.03. The summed E-state index contributed by atoms with van der Waals surface area (Å²) in [5.74, 6) is 1.64. The number of imidazole rings is 1. The molecular weight excluding hydrogens is 428 g/mol. The van der Waals surface area contributed by atoms with Crippen molar-refractivity contribution >= 4 is 34.0 Å². The molecule has 1 aliphatic rings. The molecule has 0 spiro atoms. The van der Waals surface area contributed by atoms with Gasteiger partial charge >= 0.3 is 0 Å². The van der Waals surface area contributed by atoms with E-state index in [-0.39, 0.29) is 5.91 Å². The molecule has 2 aromatic carbocycles. The number of likely N-dealkylation sites (tertiary alicyclic amines) is 1. The molecule has 0 radical (unpaired) electrons. The Morgan fingerprint density at radius 3 is 2.70 bits per heavy atom. The number of aryl methyl sites for hydroxylation is 1. The first-order valence-electron chi connectivity index (χ1n) is 11.8. The molecule has 5 nitrogen and oxygen atoms in total. The van der Waals surface area contributed by atoms with Gasteiger partial charge in [-0.3, -0.25) is 4.79 Å². The van der Waals surface area contributed by atoms with Gasteiger partial charge in [-0.05, 0) is 86.1 Å². The summed E-state index contributed by atoms with van der Waals surface area (Å²) in [6.07, 6.45) is 3.44. The second-order valence-electron chi connectivity index (χ2n) is 8.83. The molecule has 33 heavy (non-hydrogen) atoms. The summed E-state index contributed by atoms with van der Waals surface area (Å²) in [6, 6.07) is 21.1. The lowest BCUT2D eigenvalue weighted by molar-refractivity contribution is -0.114. The van der Waals surface area contributed by atoms with Crippen molar-refractivity contribution < 1.29 is 4.79 Å². The molecule has 4 aromatic rings. The van der Waals surface area contributed by atoms with Crippen molar-refractivity contribution in [2.75, 3.05) is 25.0 Å². The summed E-state index contributed by atoms with van der Waals surface area (Å²) in [6.45, 7) is 5.89. The summed E-state index contributed by atoms with van der Waals surface area (Å²) in [5.41, 5.74) is 4.53. The number of rotatable bonds is 7. The molecule has 5 rings (SSSR count). The van der Waals surface area contributed by atoms with Crippen LogP contribution in [0.3, 0.4) is 0 Å². The molecule has 0 saturated carbocycles. The molecule has 1 N–H and O–H groups in total. The number of hydrogen-bond donors (Lipinski definition) is 1. The van der Waals surface area contributed by atoms with Crippen LogP contribution in [-0.4, -0.2) is 40.0 Å². The molecule has 170 valence electrons. The summed E-state index contributed by atoms with van der Waals surface area (Å²) in [7, 11) is 0. The van der Waals surface area contributed by atoms with Gasteiger partial charge in [-0.15, -0.1) is 11.3 Å². The van der Waals surface area contributed by atoms with E-state index in [1.807, 2.05) is 12.1 Å². The van der Waals surface area contributed by atoms with Crippen molar-refractivity contribution in [1.29, 1.82) is 0 Å². The number of piperidine rings is 1. The molecule has 3 heterocycles. The van der Waals surface area contributed by atoms with Crippen molar-refractivity contribution in [2.45, 2.75) is 38.6 Å². The summed E-state index contributed by atoms with van der Waals surface area (Å²) < 4.78 is 2.39. The number of para-hydroxylation sites is 2. The topological polar surface area (TPSA) is 50.2 Å². The van der Waals surface area contributed by atoms with Crippen LogP contribution in [0.25, 0.3) is 21.7 Å². The fourth-order valence-electron chi connectivity index (χ4n) is 4.91. The first-order chi connectivity index (χ1) is 16.2. The van der Waals surface area contributed by atoms with E-state index < -0.39 is 0 Å². The summed E-state index contributed by atoms with van der Waals surface area (Å²) in [4.78, 5) is 20.1. The number of nitrogens with one attached hydrogen (secondary N) is 1. The van der Waals surface area contributed by atoms with Crippen molar-refractivity contribution in [3.05, 3.63) is 71.6 Å². The van der Waals surface area contributed by atoms with Crippen LogP contribution in [-0.2, 0) is 11.3 Å². The van der Waals surface area contributed by atoms with Gasteiger partial charge in [0.15, 0.2) is 5.82 Å². The molecule has 1 aliphatic heterocycles. The third kappa shape index (κ3) is 5.02. The number of hydrogen-bond acceptors (Lipinski definition) is 4. The fraction of sp³-hybridized carbons (Fsp3) is 0.333. The van der Waals surface area contributed by atoms with Crippen molar-refractivity contribution in [1.82, 2.24) is 14.5 Å². The second kappa shape index (κ2) is 9.89. The molecule has 6 heteroatoms. The molecule has 1 fully saturated rings. The first kappa shape index (κ1) is 21.9. The van der Waals surface area contributed by atoms with Gasteiger partial charge < -0.3 is 14.8 Å². The number of carbonyl (C=O) groups excluding carboxylic acids is 1. The normalized spacial score (nSPS) is 15.2. The van der Waals surface area contributed by atoms with E-state index >= 15 is 0 Å². The van der Waals surface area contributed by atoms with Crippen LogP contribution in [0.5, 0.6) is 0 Å². The molecule has 1 saturated heterocycles. The monoisotopic (exact) mass is 458 g/mol. The number of amides is 1. The lowest BCUT2D eigenvalue weighted by Crippen LogP contribution is -2.34. The first-order valence-corrected chi connectivity index (χ1v) is 12.6. The molecule has 0 unspecified atom stereocenters. The third-order valence-electron chi connectivity index (χ3n) is 6.52. The van der Waals surface area contributed by atoms with Crippen LogP contribution in [0.1, 0.15) is 37.7 Å². The van der Waals surface area contributed by atoms with Gasteiger partial charge in [-0.25, -0.2) is 4.98 Å². The van der Waals surface area contributed by atoms with E-state index in [4.69, 9.17) is 4.98 Å². The Balaban J connectivity index is 1.19. The van der Waals surface area contributed by atoms with Gasteiger partial charge in [0.25, 0.3) is 0 Å². The quantitative estimate of drug-likeness (QED) is 0.370. The Hall–Kier alpha value is -2.96. The largest absolute Gasteiger partial charge is 0.326 e. The second-order valence-corrected chi connectivity index (χ2v) is 9.78. The molecule has 0 bridgehead atoms. The van der Waals surface area contributed by atoms with E-state index in [1.165, 1.54) is 16.0 Å². The van der Waals surface area contributed by atoms with Gasteiger partial charge in [-0.1, -0.05) is 30.3 Å². The smallest absolute Gasteiger partial charge is 0.221 e. The molecular formula is C27H30N4OS. The number of thiophene rings is 1. The highest BCUT2D eigenvalue weighted by atomic mass is 32.1. The fourth-order valence-corrected chi connectivity index (χ4v) is 5.63. The number of nitrogens with zero attached hydrogens (tertiary/aromatic N) is 3. The minimum absolute atomic E-state index is 0.0186. The predicted octanol–water partition coefficient (Wildman–Crippen LogP) is 5.99. The van der Waals surface area contributed by atoms with Crippen LogP contribution in [0, 0.1) is 0 Å². The molecule has 2 aromatic heterocycles. The molecule has 1 amide bonds. The van der Waals surface area contributed by atoms with Crippen LogP contribution >= 0.6 is 11.3 Å². The number of benzene rings is 2. The lowest BCUT2D eigenvalue weighted by Gasteiger charge is -2.32. The Morgan fingerprint density at radius 1 is 1.06 bits per heavy atom. The zero-order chi connectivity index (χ0) is 22.6. The van der Waals surface area contributed by atoms with E-state index in [1.54, 1.807) is 18.3 Å². The number of fused-ring (bicyclic) bond motifs is 1. The third-order valence-corrected chi connectivity index (χ3v) is 7.38. The van der Waals surface area contributed by atoms with Gasteiger partial charge in [0.1, 0.15) is 0 Å². The van der Waals surface area contributed by atoms with Crippen molar-refractivity contribution in [3.8, 4) is 10.7 Å². The Bertz CT molecular complexity index is 1220. The highest BCUT2D eigenvalue weighted by Gasteiger charge is 2.21. The van der Waals surface area contributed by atoms with E-state index in [9.17, 15) is 4.79 Å². The number of carbonyl (C=O) groups is 1. The van der Waals surface area contributed by atoms with E-state index in [0.717, 1.165) is 62.5 Å². The van der Waals surface area contributed by atoms with Crippen molar-refractivity contribution in [3.63, 3.8) is 0 Å². The Kier molecular flexibility index (Phi) is 6.55. The number of aromatic nitrogens is 2. The van der Waals surface area contributed by atoms with Gasteiger partial charge in [0.2, 0.25) is 5.91 Å². The Morgan fingerprint density at radius 2 is 1.91 bits per heavy atom. The predicted molar refractivity (Wildman–Crippen MR) is 137 cm³/mol. The van der Waals surface area contributed by atoms with Crippen LogP contribution in [0.4, 0.5) is 5.69 Å². The van der Waals surface area contributed by atoms with Crippen LogP contribution in [0.2, 0.25) is 0 Å². The maximum atomic E-state index is 11.4. The summed E-state index contributed by atoms with van der Waals surface area (Å²) >= 11 is 1.75. The number of anilines is 1. The molecule has 0 aliphatic carbocycles. The SMILES string of the molecule is CC(=O)Nc1cccc(C2CCN(CCCn3c(-c4cccs4)nc4ccccc43)CC2)c1. The lowest BCUT2D eigenvalue weighted by atomic mass is 9.89. The zero-order valence-electron chi connectivity index (χ0n) is 19.0. The highest BCUT2D eigenvalue weighted by Crippen LogP contribution is 2.31.